The summed E-state index contributed by atoms with van der Waals surface area (Å²) in [6.07, 6.45) is 5.00. The lowest BCUT2D eigenvalue weighted by atomic mass is 10.1. The standard InChI is InChI=1S/C18H22N4OS/c19-8-3-6-18-22-14(12-24-18)10-17(23)20-9-7-13-11-21-16-5-2-1-4-15(13)16/h1-2,4-5,11-12,21H,3,6-10,19H2,(H,20,23). The van der Waals surface area contributed by atoms with Crippen molar-refractivity contribution in [2.24, 2.45) is 5.73 Å². The highest BCUT2D eigenvalue weighted by molar-refractivity contribution is 7.09. The second-order valence-corrected chi connectivity index (χ2v) is 6.70. The zero-order chi connectivity index (χ0) is 16.8. The number of thiazole rings is 1. The van der Waals surface area contributed by atoms with Crippen LogP contribution in [0.3, 0.4) is 0 Å². The van der Waals surface area contributed by atoms with E-state index in [4.69, 9.17) is 5.73 Å². The molecule has 3 aromatic rings. The highest BCUT2D eigenvalue weighted by Gasteiger charge is 2.08. The van der Waals surface area contributed by atoms with Gasteiger partial charge in [-0.3, -0.25) is 4.79 Å². The highest BCUT2D eigenvalue weighted by atomic mass is 32.1. The largest absolute Gasteiger partial charge is 0.361 e. The van der Waals surface area contributed by atoms with Gasteiger partial charge in [0.2, 0.25) is 5.91 Å². The average Bonchev–Trinajstić information content (AvgIpc) is 3.20. The van der Waals surface area contributed by atoms with Gasteiger partial charge in [0, 0.05) is 35.4 Å². The van der Waals surface area contributed by atoms with Crippen molar-refractivity contribution in [1.29, 1.82) is 0 Å². The van der Waals surface area contributed by atoms with Gasteiger partial charge in [-0.2, -0.15) is 0 Å². The Kier molecular flexibility index (Phi) is 5.61. The molecule has 1 amide bonds. The quantitative estimate of drug-likeness (QED) is 0.588. The first-order chi connectivity index (χ1) is 11.8. The Morgan fingerprint density at radius 3 is 3.04 bits per heavy atom. The van der Waals surface area contributed by atoms with Gasteiger partial charge >= 0.3 is 0 Å². The molecule has 0 fully saturated rings. The number of hydrogen-bond acceptors (Lipinski definition) is 4. The lowest BCUT2D eigenvalue weighted by Gasteiger charge is -2.03. The van der Waals surface area contributed by atoms with Gasteiger partial charge in [0.25, 0.3) is 0 Å². The molecule has 0 aliphatic heterocycles. The average molecular weight is 342 g/mol. The van der Waals surface area contributed by atoms with Crippen LogP contribution in [0.2, 0.25) is 0 Å². The summed E-state index contributed by atoms with van der Waals surface area (Å²) < 4.78 is 0. The summed E-state index contributed by atoms with van der Waals surface area (Å²) in [4.78, 5) is 19.8. The van der Waals surface area contributed by atoms with Crippen molar-refractivity contribution in [3.05, 3.63) is 52.1 Å². The molecule has 24 heavy (non-hydrogen) atoms. The molecule has 126 valence electrons. The molecule has 2 heterocycles. The number of aromatic amines is 1. The SMILES string of the molecule is NCCCc1nc(CC(=O)NCCc2c[nH]c3ccccc23)cs1. The molecule has 6 heteroatoms. The van der Waals surface area contributed by atoms with E-state index in [9.17, 15) is 4.79 Å². The first-order valence-corrected chi connectivity index (χ1v) is 9.09. The van der Waals surface area contributed by atoms with Crippen LogP contribution in [-0.4, -0.2) is 29.0 Å². The minimum Gasteiger partial charge on any atom is -0.361 e. The lowest BCUT2D eigenvalue weighted by Crippen LogP contribution is -2.27. The predicted molar refractivity (Wildman–Crippen MR) is 98.2 cm³/mol. The van der Waals surface area contributed by atoms with Crippen molar-refractivity contribution in [2.75, 3.05) is 13.1 Å². The molecule has 1 aromatic carbocycles. The van der Waals surface area contributed by atoms with Crippen LogP contribution in [0.5, 0.6) is 0 Å². The molecule has 2 aromatic heterocycles. The molecule has 0 aliphatic rings. The summed E-state index contributed by atoms with van der Waals surface area (Å²) in [6, 6.07) is 8.20. The Morgan fingerprint density at radius 1 is 1.29 bits per heavy atom. The summed E-state index contributed by atoms with van der Waals surface area (Å²) in [7, 11) is 0. The number of para-hydroxylation sites is 1. The van der Waals surface area contributed by atoms with Crippen LogP contribution < -0.4 is 11.1 Å². The Labute approximate surface area is 145 Å². The second-order valence-electron chi connectivity index (χ2n) is 5.76. The molecular formula is C18H22N4OS. The number of carbonyl (C=O) groups excluding carboxylic acids is 1. The van der Waals surface area contributed by atoms with E-state index in [1.807, 2.05) is 23.7 Å². The highest BCUT2D eigenvalue weighted by Crippen LogP contribution is 2.17. The van der Waals surface area contributed by atoms with Crippen LogP contribution >= 0.6 is 11.3 Å². The minimum atomic E-state index is 0.0190. The van der Waals surface area contributed by atoms with Gasteiger partial charge < -0.3 is 16.0 Å². The number of amides is 1. The van der Waals surface area contributed by atoms with Gasteiger partial charge in [0.15, 0.2) is 0 Å². The molecule has 0 bridgehead atoms. The lowest BCUT2D eigenvalue weighted by molar-refractivity contribution is -0.120. The van der Waals surface area contributed by atoms with Crippen molar-refractivity contribution < 1.29 is 4.79 Å². The van der Waals surface area contributed by atoms with E-state index in [-0.39, 0.29) is 5.91 Å². The summed E-state index contributed by atoms with van der Waals surface area (Å²) in [5.74, 6) is 0.0190. The molecule has 0 saturated heterocycles. The van der Waals surface area contributed by atoms with E-state index in [0.717, 1.165) is 35.5 Å². The van der Waals surface area contributed by atoms with E-state index in [1.54, 1.807) is 11.3 Å². The number of benzene rings is 1. The van der Waals surface area contributed by atoms with Crippen molar-refractivity contribution in [3.63, 3.8) is 0 Å². The summed E-state index contributed by atoms with van der Waals surface area (Å²) in [6.45, 7) is 1.30. The number of hydrogen-bond donors (Lipinski definition) is 3. The van der Waals surface area contributed by atoms with Gasteiger partial charge in [0.1, 0.15) is 0 Å². The van der Waals surface area contributed by atoms with Gasteiger partial charge in [-0.15, -0.1) is 11.3 Å². The van der Waals surface area contributed by atoms with E-state index in [1.165, 1.54) is 10.9 Å². The summed E-state index contributed by atoms with van der Waals surface area (Å²) >= 11 is 1.60. The maximum atomic E-state index is 12.1. The number of aromatic nitrogens is 2. The Morgan fingerprint density at radius 2 is 2.17 bits per heavy atom. The Hall–Kier alpha value is -2.18. The van der Waals surface area contributed by atoms with Gasteiger partial charge in [-0.25, -0.2) is 4.98 Å². The predicted octanol–water partition coefficient (Wildman–Crippen LogP) is 2.42. The fourth-order valence-corrected chi connectivity index (χ4v) is 3.54. The van der Waals surface area contributed by atoms with Gasteiger partial charge in [0.05, 0.1) is 17.1 Å². The van der Waals surface area contributed by atoms with Crippen LogP contribution in [0, 0.1) is 0 Å². The van der Waals surface area contributed by atoms with Crippen LogP contribution in [-0.2, 0) is 24.1 Å². The number of aryl methyl sites for hydroxylation is 1. The molecule has 0 saturated carbocycles. The molecule has 0 spiro atoms. The number of nitrogens with one attached hydrogen (secondary N) is 2. The zero-order valence-corrected chi connectivity index (χ0v) is 14.4. The third-order valence-corrected chi connectivity index (χ3v) is 4.88. The molecule has 0 aliphatic carbocycles. The van der Waals surface area contributed by atoms with Crippen molar-refractivity contribution in [1.82, 2.24) is 15.3 Å². The Bertz CT molecular complexity index is 808. The third-order valence-electron chi connectivity index (χ3n) is 3.93. The van der Waals surface area contributed by atoms with Crippen molar-refractivity contribution in [3.8, 4) is 0 Å². The molecule has 0 radical (unpaired) electrons. The first-order valence-electron chi connectivity index (χ1n) is 8.21. The fourth-order valence-electron chi connectivity index (χ4n) is 2.70. The van der Waals surface area contributed by atoms with Crippen LogP contribution in [0.25, 0.3) is 10.9 Å². The molecule has 0 atom stereocenters. The summed E-state index contributed by atoms with van der Waals surface area (Å²) in [5.41, 5.74) is 8.70. The van der Waals surface area contributed by atoms with E-state index >= 15 is 0 Å². The van der Waals surface area contributed by atoms with Gasteiger partial charge in [-0.05, 0) is 31.0 Å². The van der Waals surface area contributed by atoms with E-state index in [0.29, 0.717) is 19.5 Å². The zero-order valence-electron chi connectivity index (χ0n) is 13.5. The normalized spacial score (nSPS) is 11.0. The Balaban J connectivity index is 1.46. The molecule has 3 rings (SSSR count). The molecule has 5 nitrogen and oxygen atoms in total. The summed E-state index contributed by atoms with van der Waals surface area (Å²) in [5, 5.41) is 7.22. The van der Waals surface area contributed by atoms with Crippen LogP contribution in [0.1, 0.15) is 22.7 Å². The molecule has 4 N–H and O–H groups in total. The number of nitrogens with two attached hydrogens (primary N) is 1. The number of nitrogens with zero attached hydrogens (tertiary/aromatic N) is 1. The van der Waals surface area contributed by atoms with Crippen molar-refractivity contribution in [2.45, 2.75) is 25.7 Å². The first kappa shape index (κ1) is 16.7. The van der Waals surface area contributed by atoms with Crippen LogP contribution in [0.4, 0.5) is 0 Å². The molecule has 0 unspecified atom stereocenters. The smallest absolute Gasteiger partial charge is 0.226 e. The fraction of sp³-hybridized carbons (Fsp3) is 0.333. The maximum absolute atomic E-state index is 12.1. The van der Waals surface area contributed by atoms with E-state index in [2.05, 4.69) is 27.4 Å². The monoisotopic (exact) mass is 342 g/mol. The topological polar surface area (TPSA) is 83.8 Å². The number of rotatable bonds is 8. The molecular weight excluding hydrogens is 320 g/mol. The van der Waals surface area contributed by atoms with Gasteiger partial charge in [-0.1, -0.05) is 18.2 Å². The second kappa shape index (κ2) is 8.08. The minimum absolute atomic E-state index is 0.0190. The third kappa shape index (κ3) is 4.21. The van der Waals surface area contributed by atoms with E-state index < -0.39 is 0 Å². The van der Waals surface area contributed by atoms with Crippen LogP contribution in [0.15, 0.2) is 35.8 Å². The number of carbonyl (C=O) groups is 1. The number of fused-ring (bicyclic) bond motifs is 1. The number of H-pyrrole nitrogens is 1. The van der Waals surface area contributed by atoms with Crippen molar-refractivity contribution >= 4 is 28.1 Å². The maximum Gasteiger partial charge on any atom is 0.226 e.